The third kappa shape index (κ3) is 3.37. The van der Waals surface area contributed by atoms with Crippen LogP contribution in [0.4, 0.5) is 0 Å². The molecule has 0 bridgehead atoms. The summed E-state index contributed by atoms with van der Waals surface area (Å²) in [5, 5.41) is 0. The predicted octanol–water partition coefficient (Wildman–Crippen LogP) is -0.157. The Labute approximate surface area is 118 Å². The average Bonchev–Trinajstić information content (AvgIpc) is 2.44. The number of hydrogen-bond donors (Lipinski definition) is 1. The van der Waals surface area contributed by atoms with E-state index in [1.807, 2.05) is 0 Å². The summed E-state index contributed by atoms with van der Waals surface area (Å²) in [5.41, 5.74) is 4.92. The molecule has 0 aliphatic carbocycles. The third-order valence-corrected chi connectivity index (χ3v) is 4.12. The van der Waals surface area contributed by atoms with Crippen LogP contribution < -0.4 is 17.0 Å². The Balaban J connectivity index is 2.08. The molecule has 6 nitrogen and oxygen atoms in total. The van der Waals surface area contributed by atoms with Crippen LogP contribution in [0.25, 0.3) is 0 Å². The second-order valence-electron chi connectivity index (χ2n) is 5.49. The summed E-state index contributed by atoms with van der Waals surface area (Å²) in [5.74, 6) is 0. The van der Waals surface area contributed by atoms with Crippen LogP contribution in [0.1, 0.15) is 25.7 Å². The Kier molecular flexibility index (Phi) is 5.14. The summed E-state index contributed by atoms with van der Waals surface area (Å²) in [6, 6.07) is 1.98. The zero-order valence-electron chi connectivity index (χ0n) is 12.1. The van der Waals surface area contributed by atoms with Crippen LogP contribution in [-0.4, -0.2) is 40.2 Å². The number of aromatic nitrogens is 2. The van der Waals surface area contributed by atoms with Gasteiger partial charge in [-0.15, -0.1) is 0 Å². The van der Waals surface area contributed by atoms with Gasteiger partial charge in [-0.3, -0.25) is 9.36 Å². The molecule has 0 saturated carbocycles. The SMILES string of the molecule is CN1CCCCC1CCn1ccc(=O)n(CCN)c1=O. The highest BCUT2D eigenvalue weighted by molar-refractivity contribution is 4.87. The number of likely N-dealkylation sites (tertiary alicyclic amines) is 1. The lowest BCUT2D eigenvalue weighted by atomic mass is 10.0. The highest BCUT2D eigenvalue weighted by atomic mass is 16.2. The van der Waals surface area contributed by atoms with Gasteiger partial charge in [0.25, 0.3) is 5.56 Å². The van der Waals surface area contributed by atoms with Crippen molar-refractivity contribution in [2.24, 2.45) is 5.73 Å². The van der Waals surface area contributed by atoms with Gasteiger partial charge in [0.2, 0.25) is 0 Å². The van der Waals surface area contributed by atoms with Crippen molar-refractivity contribution in [2.75, 3.05) is 20.1 Å². The Morgan fingerprint density at radius 3 is 2.80 bits per heavy atom. The second-order valence-corrected chi connectivity index (χ2v) is 5.49. The van der Waals surface area contributed by atoms with Crippen LogP contribution in [0.15, 0.2) is 21.9 Å². The van der Waals surface area contributed by atoms with Gasteiger partial charge in [0.1, 0.15) is 0 Å². The van der Waals surface area contributed by atoms with Crippen molar-refractivity contribution in [2.45, 2.75) is 44.8 Å². The van der Waals surface area contributed by atoms with Gasteiger partial charge in [-0.1, -0.05) is 6.42 Å². The number of nitrogens with zero attached hydrogens (tertiary/aromatic N) is 3. The van der Waals surface area contributed by atoms with Gasteiger partial charge in [-0.2, -0.15) is 0 Å². The quantitative estimate of drug-likeness (QED) is 0.813. The highest BCUT2D eigenvalue weighted by Crippen LogP contribution is 2.17. The molecule has 1 aliphatic rings. The van der Waals surface area contributed by atoms with E-state index >= 15 is 0 Å². The predicted molar refractivity (Wildman–Crippen MR) is 78.9 cm³/mol. The van der Waals surface area contributed by atoms with E-state index in [2.05, 4.69) is 11.9 Å². The van der Waals surface area contributed by atoms with Crippen molar-refractivity contribution >= 4 is 0 Å². The molecule has 1 unspecified atom stereocenters. The van der Waals surface area contributed by atoms with Crippen molar-refractivity contribution in [1.29, 1.82) is 0 Å². The largest absolute Gasteiger partial charge is 0.331 e. The lowest BCUT2D eigenvalue weighted by molar-refractivity contribution is 0.170. The Morgan fingerprint density at radius 2 is 2.10 bits per heavy atom. The number of nitrogens with two attached hydrogens (primary N) is 1. The van der Waals surface area contributed by atoms with E-state index < -0.39 is 0 Å². The minimum absolute atomic E-state index is 0.249. The van der Waals surface area contributed by atoms with Crippen molar-refractivity contribution in [3.05, 3.63) is 33.1 Å². The molecule has 1 fully saturated rings. The zero-order valence-corrected chi connectivity index (χ0v) is 12.1. The molecule has 2 rings (SSSR count). The van der Waals surface area contributed by atoms with E-state index in [1.54, 1.807) is 10.8 Å². The summed E-state index contributed by atoms with van der Waals surface area (Å²) in [7, 11) is 2.14. The summed E-state index contributed by atoms with van der Waals surface area (Å²) in [6.07, 6.45) is 6.25. The lowest BCUT2D eigenvalue weighted by Crippen LogP contribution is -2.42. The minimum Gasteiger partial charge on any atom is -0.329 e. The molecule has 2 N–H and O–H groups in total. The molecule has 1 aliphatic heterocycles. The number of aryl methyl sites for hydroxylation is 1. The molecule has 112 valence electrons. The first-order valence-corrected chi connectivity index (χ1v) is 7.34. The van der Waals surface area contributed by atoms with Gasteiger partial charge in [-0.05, 0) is 32.9 Å². The second kappa shape index (κ2) is 6.85. The maximum atomic E-state index is 12.2. The van der Waals surface area contributed by atoms with Gasteiger partial charge in [0.05, 0.1) is 0 Å². The van der Waals surface area contributed by atoms with E-state index in [0.29, 0.717) is 19.1 Å². The monoisotopic (exact) mass is 280 g/mol. The van der Waals surface area contributed by atoms with E-state index in [9.17, 15) is 9.59 Å². The topological polar surface area (TPSA) is 73.3 Å². The van der Waals surface area contributed by atoms with Gasteiger partial charge >= 0.3 is 5.69 Å². The molecule has 2 heterocycles. The van der Waals surface area contributed by atoms with Gasteiger partial charge in [0, 0.05) is 37.9 Å². The molecule has 0 radical (unpaired) electrons. The standard InChI is InChI=1S/C14H24N4O2/c1-16-8-3-2-4-12(16)5-9-17-10-6-13(19)18(11-7-15)14(17)20/h6,10,12H,2-5,7-9,11,15H2,1H3. The smallest absolute Gasteiger partial charge is 0.329 e. The molecular formula is C14H24N4O2. The fourth-order valence-electron chi connectivity index (χ4n) is 2.86. The van der Waals surface area contributed by atoms with Gasteiger partial charge < -0.3 is 15.2 Å². The van der Waals surface area contributed by atoms with Crippen LogP contribution in [0.5, 0.6) is 0 Å². The van der Waals surface area contributed by atoms with Crippen LogP contribution in [0.3, 0.4) is 0 Å². The molecule has 6 heteroatoms. The highest BCUT2D eigenvalue weighted by Gasteiger charge is 2.18. The van der Waals surface area contributed by atoms with Crippen LogP contribution in [0, 0.1) is 0 Å². The fourth-order valence-corrected chi connectivity index (χ4v) is 2.86. The third-order valence-electron chi connectivity index (χ3n) is 4.12. The van der Waals surface area contributed by atoms with E-state index in [0.717, 1.165) is 13.0 Å². The molecule has 0 aromatic carbocycles. The summed E-state index contributed by atoms with van der Waals surface area (Å²) < 4.78 is 2.84. The average molecular weight is 280 g/mol. The summed E-state index contributed by atoms with van der Waals surface area (Å²) in [6.45, 7) is 2.36. The first-order chi connectivity index (χ1) is 9.63. The van der Waals surface area contributed by atoms with E-state index in [4.69, 9.17) is 5.73 Å². The first kappa shape index (κ1) is 15.0. The molecule has 1 saturated heterocycles. The molecule has 20 heavy (non-hydrogen) atoms. The number of rotatable bonds is 5. The maximum Gasteiger partial charge on any atom is 0.331 e. The summed E-state index contributed by atoms with van der Waals surface area (Å²) >= 11 is 0. The molecule has 1 aromatic heterocycles. The Hall–Kier alpha value is -1.40. The summed E-state index contributed by atoms with van der Waals surface area (Å²) in [4.78, 5) is 26.2. The lowest BCUT2D eigenvalue weighted by Gasteiger charge is -2.32. The normalized spacial score (nSPS) is 20.2. The van der Waals surface area contributed by atoms with Crippen LogP contribution in [-0.2, 0) is 13.1 Å². The minimum atomic E-state index is -0.272. The maximum absolute atomic E-state index is 12.2. The fraction of sp³-hybridized carbons (Fsp3) is 0.714. The Bertz CT molecular complexity index is 549. The molecular weight excluding hydrogens is 256 g/mol. The van der Waals surface area contributed by atoms with Gasteiger partial charge in [0.15, 0.2) is 0 Å². The van der Waals surface area contributed by atoms with Crippen molar-refractivity contribution < 1.29 is 0 Å². The van der Waals surface area contributed by atoms with Crippen molar-refractivity contribution in [3.8, 4) is 0 Å². The van der Waals surface area contributed by atoms with Crippen LogP contribution in [0.2, 0.25) is 0 Å². The molecule has 1 atom stereocenters. The first-order valence-electron chi connectivity index (χ1n) is 7.34. The molecule has 1 aromatic rings. The van der Waals surface area contributed by atoms with Crippen molar-refractivity contribution in [3.63, 3.8) is 0 Å². The van der Waals surface area contributed by atoms with E-state index in [-0.39, 0.29) is 17.8 Å². The zero-order chi connectivity index (χ0) is 14.5. The number of hydrogen-bond acceptors (Lipinski definition) is 4. The van der Waals surface area contributed by atoms with E-state index in [1.165, 1.54) is 29.9 Å². The Morgan fingerprint density at radius 1 is 1.30 bits per heavy atom. The molecule has 0 spiro atoms. The van der Waals surface area contributed by atoms with Gasteiger partial charge in [-0.25, -0.2) is 4.79 Å². The van der Waals surface area contributed by atoms with Crippen LogP contribution >= 0.6 is 0 Å². The number of piperidine rings is 1. The molecule has 0 amide bonds. The van der Waals surface area contributed by atoms with Crippen molar-refractivity contribution in [1.82, 2.24) is 14.0 Å².